The minimum absolute atomic E-state index is 0.362. The lowest BCUT2D eigenvalue weighted by Gasteiger charge is -2.18. The second kappa shape index (κ2) is 4.42. The maximum atomic E-state index is 11.9. The fourth-order valence-corrected chi connectivity index (χ4v) is 1.94. The molecule has 0 bridgehead atoms. The number of nitrogens with zero attached hydrogens (tertiary/aromatic N) is 1. The van der Waals surface area contributed by atoms with Gasteiger partial charge in [0.1, 0.15) is 11.1 Å². The van der Waals surface area contributed by atoms with Crippen LogP contribution < -0.4 is 5.63 Å². The van der Waals surface area contributed by atoms with Crippen LogP contribution in [0.1, 0.15) is 20.8 Å². The Hall–Kier alpha value is -1.31. The van der Waals surface area contributed by atoms with Crippen molar-refractivity contribution in [3.05, 3.63) is 32.2 Å². The van der Waals surface area contributed by atoms with Gasteiger partial charge in [-0.2, -0.15) is 0 Å². The van der Waals surface area contributed by atoms with Gasteiger partial charge in [-0.1, -0.05) is 0 Å². The van der Waals surface area contributed by atoms with E-state index in [0.717, 1.165) is 8.31 Å². The molecular weight excluding hydrogens is 349 g/mol. The number of benzene rings is 1. The highest BCUT2D eigenvalue weighted by Gasteiger charge is 2.22. The van der Waals surface area contributed by atoms with Gasteiger partial charge < -0.3 is 9.26 Å². The van der Waals surface area contributed by atoms with Gasteiger partial charge in [-0.05, 0) is 61.6 Å². The largest absolute Gasteiger partial charge is 0.448 e. The summed E-state index contributed by atoms with van der Waals surface area (Å²) >= 11 is 2.10. The van der Waals surface area contributed by atoms with Crippen molar-refractivity contribution in [3.63, 3.8) is 0 Å². The molecule has 2 rings (SSSR count). The monoisotopic (exact) mass is 361 g/mol. The molecule has 1 aromatic heterocycles. The van der Waals surface area contributed by atoms with E-state index in [4.69, 9.17) is 9.26 Å². The van der Waals surface area contributed by atoms with Crippen molar-refractivity contribution in [1.29, 1.82) is 0 Å². The fraction of sp³-hybridized carbons (Fsp3) is 0.333. The number of rotatable bonds is 0. The predicted octanol–water partition coefficient (Wildman–Crippen LogP) is 2.98. The summed E-state index contributed by atoms with van der Waals surface area (Å²) in [6.07, 6.45) is -0.698. The summed E-state index contributed by atoms with van der Waals surface area (Å²) in [4.78, 5) is 23.5. The number of hydrogen-bond donors (Lipinski definition) is 0. The van der Waals surface area contributed by atoms with Gasteiger partial charge in [0.05, 0.1) is 5.39 Å². The van der Waals surface area contributed by atoms with Gasteiger partial charge in [0.2, 0.25) is 0 Å². The molecule has 0 aliphatic carbocycles. The van der Waals surface area contributed by atoms with Gasteiger partial charge in [-0.15, -0.1) is 4.74 Å². The van der Waals surface area contributed by atoms with E-state index < -0.39 is 17.3 Å². The number of halogens is 1. The Morgan fingerprint density at radius 1 is 1.39 bits per heavy atom. The van der Waals surface area contributed by atoms with Crippen LogP contribution in [0.4, 0.5) is 4.79 Å². The molecule has 0 aliphatic rings. The van der Waals surface area contributed by atoms with Crippen LogP contribution in [0.25, 0.3) is 10.9 Å². The van der Waals surface area contributed by atoms with Gasteiger partial charge in [0.15, 0.2) is 0 Å². The molecule has 18 heavy (non-hydrogen) atoms. The lowest BCUT2D eigenvalue weighted by Crippen LogP contribution is -2.26. The molecule has 1 aromatic carbocycles. The highest BCUT2D eigenvalue weighted by atomic mass is 127. The topological polar surface area (TPSA) is 61.4 Å². The molecule has 6 heteroatoms. The first-order chi connectivity index (χ1) is 8.28. The molecule has 0 spiro atoms. The first-order valence-electron chi connectivity index (χ1n) is 5.33. The van der Waals surface area contributed by atoms with Crippen LogP contribution in [-0.4, -0.2) is 16.4 Å². The predicted molar refractivity (Wildman–Crippen MR) is 74.8 cm³/mol. The quantitative estimate of drug-likeness (QED) is 0.677. The van der Waals surface area contributed by atoms with E-state index in [1.54, 1.807) is 39.0 Å². The Morgan fingerprint density at radius 2 is 2.06 bits per heavy atom. The minimum Gasteiger partial charge on any atom is -0.441 e. The van der Waals surface area contributed by atoms with Crippen molar-refractivity contribution >= 4 is 39.6 Å². The molecular formula is C12H12INO4. The number of aromatic nitrogens is 1. The van der Waals surface area contributed by atoms with Gasteiger partial charge in [-0.3, -0.25) is 0 Å². The smallest absolute Gasteiger partial charge is 0.441 e. The van der Waals surface area contributed by atoms with Crippen LogP contribution in [0.2, 0.25) is 0 Å². The van der Waals surface area contributed by atoms with Crippen LogP contribution in [0.15, 0.2) is 27.5 Å². The lowest BCUT2D eigenvalue weighted by molar-refractivity contribution is 0.0391. The van der Waals surface area contributed by atoms with Crippen LogP contribution in [0, 0.1) is 3.57 Å². The van der Waals surface area contributed by atoms with Crippen molar-refractivity contribution in [2.24, 2.45) is 0 Å². The molecule has 2 aromatic rings. The molecule has 0 aliphatic heterocycles. The number of ether oxygens (including phenoxy) is 1. The summed E-state index contributed by atoms with van der Waals surface area (Å²) < 4.78 is 11.9. The molecule has 5 nitrogen and oxygen atoms in total. The van der Waals surface area contributed by atoms with Crippen molar-refractivity contribution in [2.75, 3.05) is 0 Å². The third-order valence-electron chi connectivity index (χ3n) is 2.13. The molecule has 0 saturated carbocycles. The Morgan fingerprint density at radius 3 is 2.67 bits per heavy atom. The van der Waals surface area contributed by atoms with Crippen molar-refractivity contribution < 1.29 is 14.1 Å². The molecule has 0 N–H and O–H groups in total. The zero-order valence-corrected chi connectivity index (χ0v) is 12.3. The Kier molecular flexibility index (Phi) is 3.22. The fourth-order valence-electron chi connectivity index (χ4n) is 1.47. The van der Waals surface area contributed by atoms with Crippen molar-refractivity contribution in [1.82, 2.24) is 4.74 Å². The summed E-state index contributed by atoms with van der Waals surface area (Å²) in [6.45, 7) is 5.25. The van der Waals surface area contributed by atoms with E-state index in [-0.39, 0.29) is 0 Å². The normalized spacial score (nSPS) is 11.8. The third kappa shape index (κ3) is 2.58. The third-order valence-corrected chi connectivity index (χ3v) is 2.80. The van der Waals surface area contributed by atoms with E-state index >= 15 is 0 Å². The van der Waals surface area contributed by atoms with Gasteiger partial charge in [-0.25, -0.2) is 9.59 Å². The molecule has 0 unspecified atom stereocenters. The molecule has 0 saturated heterocycles. The molecule has 96 valence electrons. The van der Waals surface area contributed by atoms with Crippen LogP contribution >= 0.6 is 22.6 Å². The van der Waals surface area contributed by atoms with E-state index in [2.05, 4.69) is 22.6 Å². The second-order valence-electron chi connectivity index (χ2n) is 4.81. The zero-order chi connectivity index (χ0) is 13.5. The Bertz CT molecular complexity index is 663. The first-order valence-corrected chi connectivity index (χ1v) is 6.41. The minimum atomic E-state index is -0.698. The van der Waals surface area contributed by atoms with E-state index in [0.29, 0.717) is 10.9 Å². The van der Waals surface area contributed by atoms with Gasteiger partial charge >= 0.3 is 11.7 Å². The average molecular weight is 361 g/mol. The summed E-state index contributed by atoms with van der Waals surface area (Å²) in [5.74, 6) is 0. The van der Waals surface area contributed by atoms with E-state index in [1.165, 1.54) is 0 Å². The van der Waals surface area contributed by atoms with E-state index in [9.17, 15) is 9.59 Å². The Labute approximate surface area is 117 Å². The molecule has 0 atom stereocenters. The number of carbonyl (C=O) groups excluding carboxylic acids is 1. The standard InChI is InChI=1S/C12H12INO4/c1-12(2,3)17-11(16)14-9-6-7(13)4-5-8(9)10(15)18-14/h4-6H,1-3H3. The first kappa shape index (κ1) is 13.1. The second-order valence-corrected chi connectivity index (χ2v) is 6.06. The van der Waals surface area contributed by atoms with Crippen LogP contribution in [0.3, 0.4) is 0 Å². The van der Waals surface area contributed by atoms with Crippen LogP contribution in [0.5, 0.6) is 0 Å². The van der Waals surface area contributed by atoms with Gasteiger partial charge in [0.25, 0.3) is 0 Å². The maximum Gasteiger partial charge on any atom is 0.448 e. The molecule has 1 heterocycles. The highest BCUT2D eigenvalue weighted by Crippen LogP contribution is 2.17. The molecule has 0 amide bonds. The number of hydrogen-bond acceptors (Lipinski definition) is 4. The van der Waals surface area contributed by atoms with E-state index in [1.807, 2.05) is 0 Å². The summed E-state index contributed by atoms with van der Waals surface area (Å²) in [7, 11) is 0. The SMILES string of the molecule is CC(C)(C)OC(=O)n1oc(=O)c2ccc(I)cc21. The maximum absolute atomic E-state index is 11.9. The highest BCUT2D eigenvalue weighted by molar-refractivity contribution is 14.1. The van der Waals surface area contributed by atoms with Crippen molar-refractivity contribution in [2.45, 2.75) is 26.4 Å². The van der Waals surface area contributed by atoms with Crippen LogP contribution in [-0.2, 0) is 4.74 Å². The van der Waals surface area contributed by atoms with Gasteiger partial charge in [0, 0.05) is 3.57 Å². The summed E-state index contributed by atoms with van der Waals surface area (Å²) in [5.41, 5.74) is -0.776. The average Bonchev–Trinajstić information content (AvgIpc) is 2.53. The zero-order valence-electron chi connectivity index (χ0n) is 10.2. The number of fused-ring (bicyclic) bond motifs is 1. The lowest BCUT2D eigenvalue weighted by atomic mass is 10.2. The van der Waals surface area contributed by atoms with Crippen molar-refractivity contribution in [3.8, 4) is 0 Å². The Balaban J connectivity index is 2.55. The molecule has 0 fully saturated rings. The molecule has 0 radical (unpaired) electrons. The number of carbonyl (C=O) groups is 1. The summed E-state index contributed by atoms with van der Waals surface area (Å²) in [5, 5.41) is 0.362. The summed E-state index contributed by atoms with van der Waals surface area (Å²) in [6, 6.07) is 5.10.